The van der Waals surface area contributed by atoms with Crippen molar-refractivity contribution in [1.82, 2.24) is 0 Å². The summed E-state index contributed by atoms with van der Waals surface area (Å²) in [4.78, 5) is 50.5. The number of hydrogen-bond acceptors (Lipinski definition) is 9. The van der Waals surface area contributed by atoms with Crippen LogP contribution in [0, 0.1) is 0 Å². The van der Waals surface area contributed by atoms with Gasteiger partial charge in [-0.3, -0.25) is 0 Å². The molecule has 37 heavy (non-hydrogen) atoms. The van der Waals surface area contributed by atoms with Gasteiger partial charge in [0.05, 0.1) is 16.7 Å². The number of carboxylic acid groups (broad SMARTS) is 1. The van der Waals surface area contributed by atoms with E-state index in [9.17, 15) is 29.4 Å². The first-order valence-electron chi connectivity index (χ1n) is 11.2. The summed E-state index contributed by atoms with van der Waals surface area (Å²) in [5, 5.41) is 20.4. The normalized spacial score (nSPS) is 22.9. The molecule has 0 spiro atoms. The van der Waals surface area contributed by atoms with E-state index >= 15 is 0 Å². The van der Waals surface area contributed by atoms with E-state index in [-0.39, 0.29) is 16.7 Å². The molecule has 1 heterocycles. The van der Waals surface area contributed by atoms with Gasteiger partial charge in [-0.25, -0.2) is 19.2 Å². The quantitative estimate of drug-likeness (QED) is 0.362. The SMILES string of the molecule is O=C(O[C@H]1[C@@H](OC(=O)c2ccccc2)[C@@H](C(=O)O)O[C@H](O)[C@@H]1OC(=O)c1ccccc1)c1ccccc1. The molecule has 10 heteroatoms. The Morgan fingerprint density at radius 1 is 0.568 bits per heavy atom. The average Bonchev–Trinajstić information content (AvgIpc) is 2.93. The molecule has 3 aromatic rings. The monoisotopic (exact) mass is 506 g/mol. The lowest BCUT2D eigenvalue weighted by Gasteiger charge is -2.41. The number of aliphatic carboxylic acids is 1. The van der Waals surface area contributed by atoms with Gasteiger partial charge >= 0.3 is 23.9 Å². The molecule has 1 aliphatic rings. The third-order valence-corrected chi connectivity index (χ3v) is 5.51. The zero-order valence-corrected chi connectivity index (χ0v) is 19.2. The Hall–Kier alpha value is -4.54. The van der Waals surface area contributed by atoms with Crippen molar-refractivity contribution in [1.29, 1.82) is 0 Å². The van der Waals surface area contributed by atoms with E-state index in [1.165, 1.54) is 36.4 Å². The highest BCUT2D eigenvalue weighted by Crippen LogP contribution is 2.30. The zero-order chi connectivity index (χ0) is 26.4. The van der Waals surface area contributed by atoms with Crippen LogP contribution in [-0.4, -0.2) is 64.8 Å². The Morgan fingerprint density at radius 2 is 0.919 bits per heavy atom. The Kier molecular flexibility index (Phi) is 7.92. The maximum Gasteiger partial charge on any atom is 0.338 e. The van der Waals surface area contributed by atoms with Crippen molar-refractivity contribution < 1.29 is 48.3 Å². The molecular formula is C27H22O10. The van der Waals surface area contributed by atoms with Crippen molar-refractivity contribution in [2.45, 2.75) is 30.7 Å². The molecule has 1 saturated heterocycles. The molecule has 0 bridgehead atoms. The number of carbonyl (C=O) groups is 4. The molecule has 0 saturated carbocycles. The predicted molar refractivity (Wildman–Crippen MR) is 125 cm³/mol. The largest absolute Gasteiger partial charge is 0.479 e. The minimum Gasteiger partial charge on any atom is -0.479 e. The molecule has 0 aromatic heterocycles. The first-order valence-corrected chi connectivity index (χ1v) is 11.2. The van der Waals surface area contributed by atoms with Crippen molar-refractivity contribution in [2.75, 3.05) is 0 Å². The molecule has 0 amide bonds. The van der Waals surface area contributed by atoms with E-state index in [0.717, 1.165) is 0 Å². The summed E-state index contributed by atoms with van der Waals surface area (Å²) in [6, 6.07) is 23.2. The molecule has 4 rings (SSSR count). The van der Waals surface area contributed by atoms with Crippen molar-refractivity contribution in [3.8, 4) is 0 Å². The van der Waals surface area contributed by atoms with Crippen molar-refractivity contribution in [3.63, 3.8) is 0 Å². The highest BCUT2D eigenvalue weighted by atomic mass is 16.7. The highest BCUT2D eigenvalue weighted by Gasteiger charge is 2.54. The van der Waals surface area contributed by atoms with Crippen LogP contribution < -0.4 is 0 Å². The fourth-order valence-corrected chi connectivity index (χ4v) is 3.71. The summed E-state index contributed by atoms with van der Waals surface area (Å²) in [6.45, 7) is 0. The molecule has 1 aliphatic heterocycles. The number of carbonyl (C=O) groups excluding carboxylic acids is 3. The fourth-order valence-electron chi connectivity index (χ4n) is 3.71. The zero-order valence-electron chi connectivity index (χ0n) is 19.2. The molecule has 0 aliphatic carbocycles. The minimum atomic E-state index is -2.02. The van der Waals surface area contributed by atoms with Gasteiger partial charge in [-0.1, -0.05) is 54.6 Å². The van der Waals surface area contributed by atoms with Gasteiger partial charge < -0.3 is 29.2 Å². The van der Waals surface area contributed by atoms with E-state index in [1.807, 2.05) is 0 Å². The van der Waals surface area contributed by atoms with Gasteiger partial charge in [0.2, 0.25) is 0 Å². The standard InChI is InChI=1S/C27H22O10/c28-23(29)21-19(34-24(30)16-10-4-1-5-11-16)20(35-25(31)17-12-6-2-7-13-17)22(27(33)36-21)37-26(32)18-14-8-3-9-15-18/h1-15,19-22,27,33H,(H,28,29)/t19-,20+,21+,22-,27+/m1/s1. The number of aliphatic hydroxyl groups excluding tert-OH is 1. The van der Waals surface area contributed by atoms with Gasteiger partial charge in [0.1, 0.15) is 0 Å². The van der Waals surface area contributed by atoms with Gasteiger partial charge in [-0.15, -0.1) is 0 Å². The summed E-state index contributed by atoms with van der Waals surface area (Å²) in [7, 11) is 0. The molecule has 2 N–H and O–H groups in total. The van der Waals surface area contributed by atoms with E-state index < -0.39 is 54.6 Å². The van der Waals surface area contributed by atoms with Gasteiger partial charge in [-0.2, -0.15) is 0 Å². The topological polar surface area (TPSA) is 146 Å². The maximum absolute atomic E-state index is 12.9. The second-order valence-corrected chi connectivity index (χ2v) is 7.99. The van der Waals surface area contributed by atoms with Crippen LogP contribution in [0.25, 0.3) is 0 Å². The first kappa shape index (κ1) is 25.5. The summed E-state index contributed by atoms with van der Waals surface area (Å²) >= 11 is 0. The van der Waals surface area contributed by atoms with Crippen LogP contribution in [0.4, 0.5) is 0 Å². The molecular weight excluding hydrogens is 484 g/mol. The highest BCUT2D eigenvalue weighted by molar-refractivity contribution is 5.91. The first-order chi connectivity index (χ1) is 17.8. The van der Waals surface area contributed by atoms with E-state index in [1.54, 1.807) is 54.6 Å². The van der Waals surface area contributed by atoms with E-state index in [2.05, 4.69) is 0 Å². The molecule has 190 valence electrons. The third kappa shape index (κ3) is 6.00. The Labute approximate surface area is 211 Å². The summed E-state index contributed by atoms with van der Waals surface area (Å²) in [5.41, 5.74) is 0.293. The second kappa shape index (κ2) is 11.5. The number of carboxylic acids is 1. The van der Waals surface area contributed by atoms with Gasteiger partial charge in [0.15, 0.2) is 30.7 Å². The lowest BCUT2D eigenvalue weighted by atomic mass is 9.97. The fraction of sp³-hybridized carbons (Fsp3) is 0.185. The Morgan fingerprint density at radius 3 is 1.30 bits per heavy atom. The molecule has 1 fully saturated rings. The molecule has 0 radical (unpaired) electrons. The summed E-state index contributed by atoms with van der Waals surface area (Å²) in [5.74, 6) is -4.37. The molecule has 0 unspecified atom stereocenters. The molecule has 5 atom stereocenters. The van der Waals surface area contributed by atoms with Gasteiger partial charge in [0.25, 0.3) is 0 Å². The number of hydrogen-bond donors (Lipinski definition) is 2. The Balaban J connectivity index is 1.69. The van der Waals surface area contributed by atoms with E-state index in [0.29, 0.717) is 0 Å². The van der Waals surface area contributed by atoms with Gasteiger partial charge in [0, 0.05) is 0 Å². The van der Waals surface area contributed by atoms with Gasteiger partial charge in [-0.05, 0) is 36.4 Å². The number of benzene rings is 3. The Bertz CT molecular complexity index is 1250. The van der Waals surface area contributed by atoms with Crippen LogP contribution in [0.15, 0.2) is 91.0 Å². The number of ether oxygens (including phenoxy) is 4. The van der Waals surface area contributed by atoms with Crippen LogP contribution in [0.3, 0.4) is 0 Å². The lowest BCUT2D eigenvalue weighted by molar-refractivity contribution is -0.277. The lowest BCUT2D eigenvalue weighted by Crippen LogP contribution is -2.63. The van der Waals surface area contributed by atoms with Crippen LogP contribution in [0.2, 0.25) is 0 Å². The third-order valence-electron chi connectivity index (χ3n) is 5.51. The summed E-state index contributed by atoms with van der Waals surface area (Å²) in [6.07, 6.45) is -9.21. The predicted octanol–water partition coefficient (Wildman–Crippen LogP) is 2.46. The maximum atomic E-state index is 12.9. The second-order valence-electron chi connectivity index (χ2n) is 7.99. The van der Waals surface area contributed by atoms with Crippen LogP contribution in [0.5, 0.6) is 0 Å². The summed E-state index contributed by atoms with van der Waals surface area (Å²) < 4.78 is 21.6. The number of esters is 3. The van der Waals surface area contributed by atoms with Crippen molar-refractivity contribution in [3.05, 3.63) is 108 Å². The molecule has 3 aromatic carbocycles. The van der Waals surface area contributed by atoms with Crippen LogP contribution in [-0.2, 0) is 23.7 Å². The smallest absolute Gasteiger partial charge is 0.338 e. The van der Waals surface area contributed by atoms with Crippen LogP contribution in [0.1, 0.15) is 31.1 Å². The number of rotatable bonds is 7. The van der Waals surface area contributed by atoms with Crippen molar-refractivity contribution >= 4 is 23.9 Å². The van der Waals surface area contributed by atoms with Crippen molar-refractivity contribution in [2.24, 2.45) is 0 Å². The minimum absolute atomic E-state index is 0.0868. The van der Waals surface area contributed by atoms with E-state index in [4.69, 9.17) is 18.9 Å². The molecule has 10 nitrogen and oxygen atoms in total. The van der Waals surface area contributed by atoms with Crippen LogP contribution >= 0.6 is 0 Å². The average molecular weight is 506 g/mol. The number of aliphatic hydroxyl groups is 1.